The van der Waals surface area contributed by atoms with E-state index in [4.69, 9.17) is 11.6 Å². The van der Waals surface area contributed by atoms with Crippen LogP contribution in [0, 0.1) is 0 Å². The molecule has 0 aliphatic carbocycles. The summed E-state index contributed by atoms with van der Waals surface area (Å²) in [6, 6.07) is 8.74. The van der Waals surface area contributed by atoms with Crippen molar-refractivity contribution in [1.82, 2.24) is 3.97 Å². The van der Waals surface area contributed by atoms with E-state index in [-0.39, 0.29) is 30.7 Å². The summed E-state index contributed by atoms with van der Waals surface area (Å²) in [4.78, 5) is 25.4. The van der Waals surface area contributed by atoms with Crippen molar-refractivity contribution in [2.45, 2.75) is 43.0 Å². The second-order valence-electron chi connectivity index (χ2n) is 8.63. The molecule has 0 saturated heterocycles. The normalized spacial score (nSPS) is 12.8. The Morgan fingerprint density at radius 3 is 2.00 bits per heavy atom. The second-order valence-corrected chi connectivity index (χ2v) is 13.6. The molecule has 1 heterocycles. The maximum Gasteiger partial charge on any atom is 0.269 e. The number of rotatable bonds is 4. The predicted molar refractivity (Wildman–Crippen MR) is 132 cm³/mol. The van der Waals surface area contributed by atoms with Gasteiger partial charge >= 0.3 is 0 Å². The van der Waals surface area contributed by atoms with Crippen molar-refractivity contribution in [3.63, 3.8) is 0 Å². The molecule has 2 aromatic carbocycles. The maximum absolute atomic E-state index is 13.8. The third-order valence-corrected chi connectivity index (χ3v) is 8.97. The number of benzene rings is 2. The number of aromatic nitrogens is 1. The molecule has 176 valence electrons. The van der Waals surface area contributed by atoms with Crippen LogP contribution in [0.5, 0.6) is 0 Å². The third-order valence-electron chi connectivity index (χ3n) is 5.10. The quantitative estimate of drug-likeness (QED) is 0.423. The van der Waals surface area contributed by atoms with Crippen molar-refractivity contribution in [3.8, 4) is 0 Å². The highest BCUT2D eigenvalue weighted by Gasteiger charge is 2.34. The van der Waals surface area contributed by atoms with Crippen molar-refractivity contribution in [1.29, 1.82) is 0 Å². The maximum atomic E-state index is 13.8. The Balaban J connectivity index is 2.64. The van der Waals surface area contributed by atoms with Gasteiger partial charge in [-0.15, -0.1) is 0 Å². The lowest BCUT2D eigenvalue weighted by molar-refractivity contribution is 0.101. The van der Waals surface area contributed by atoms with E-state index in [0.717, 1.165) is 18.7 Å². The zero-order valence-corrected chi connectivity index (χ0v) is 22.4. The average molecular weight is 575 g/mol. The Kier molecular flexibility index (Phi) is 6.47. The molecule has 33 heavy (non-hydrogen) atoms. The Labute approximate surface area is 205 Å². The van der Waals surface area contributed by atoms with Gasteiger partial charge in [-0.1, -0.05) is 44.5 Å². The molecule has 0 aliphatic heterocycles. The number of hydrogen-bond acceptors (Lipinski definition) is 6. The van der Waals surface area contributed by atoms with E-state index >= 15 is 0 Å². The molecule has 0 amide bonds. The molecular formula is C22H21BrClNO6S2. The first kappa shape index (κ1) is 25.6. The van der Waals surface area contributed by atoms with Gasteiger partial charge < -0.3 is 0 Å². The zero-order chi connectivity index (χ0) is 25.1. The van der Waals surface area contributed by atoms with Crippen LogP contribution in [0.2, 0.25) is 5.02 Å². The highest BCUT2D eigenvalue weighted by atomic mass is 79.9. The van der Waals surface area contributed by atoms with Crippen LogP contribution in [-0.4, -0.2) is 32.8 Å². The van der Waals surface area contributed by atoms with Crippen molar-refractivity contribution in [2.24, 2.45) is 0 Å². The van der Waals surface area contributed by atoms with Crippen molar-refractivity contribution in [3.05, 3.63) is 67.2 Å². The number of sulfone groups is 1. The highest BCUT2D eigenvalue weighted by molar-refractivity contribution is 9.10. The molecule has 0 unspecified atom stereocenters. The van der Waals surface area contributed by atoms with Gasteiger partial charge in [0, 0.05) is 10.7 Å². The van der Waals surface area contributed by atoms with Gasteiger partial charge in [0.15, 0.2) is 20.6 Å². The van der Waals surface area contributed by atoms with Crippen LogP contribution < -0.4 is 5.43 Å². The lowest BCUT2D eigenvalue weighted by Crippen LogP contribution is -2.29. The Morgan fingerprint density at radius 2 is 1.55 bits per heavy atom. The minimum absolute atomic E-state index is 0.118. The van der Waals surface area contributed by atoms with Crippen molar-refractivity contribution >= 4 is 64.1 Å². The average Bonchev–Trinajstić information content (AvgIpc) is 2.68. The molecule has 0 fully saturated rings. The fourth-order valence-electron chi connectivity index (χ4n) is 3.49. The van der Waals surface area contributed by atoms with E-state index in [9.17, 15) is 26.4 Å². The van der Waals surface area contributed by atoms with Crippen LogP contribution in [0.25, 0.3) is 10.9 Å². The molecule has 0 aliphatic rings. The number of carbonyl (C=O) groups excluding carboxylic acids is 1. The summed E-state index contributed by atoms with van der Waals surface area (Å²) in [6.45, 7) is 6.89. The van der Waals surface area contributed by atoms with Crippen LogP contribution >= 0.6 is 27.5 Å². The fourth-order valence-corrected chi connectivity index (χ4v) is 7.48. The lowest BCUT2D eigenvalue weighted by atomic mass is 9.87. The molecule has 1 aromatic heterocycles. The molecule has 7 nitrogen and oxygen atoms in total. The summed E-state index contributed by atoms with van der Waals surface area (Å²) in [5.41, 5.74) is -1.37. The van der Waals surface area contributed by atoms with Crippen LogP contribution in [0.4, 0.5) is 0 Å². The van der Waals surface area contributed by atoms with E-state index in [1.54, 1.807) is 12.1 Å². The summed E-state index contributed by atoms with van der Waals surface area (Å²) in [5.74, 6) is -0.898. The number of ketones is 1. The number of halogens is 2. The summed E-state index contributed by atoms with van der Waals surface area (Å²) in [6.07, 6.45) is 0.743. The Hall–Kier alpha value is -2.01. The first-order chi connectivity index (χ1) is 15.0. The minimum Gasteiger partial charge on any atom is -0.294 e. The van der Waals surface area contributed by atoms with E-state index < -0.39 is 41.7 Å². The number of hydrogen-bond donors (Lipinski definition) is 0. The minimum atomic E-state index is -4.60. The van der Waals surface area contributed by atoms with Gasteiger partial charge in [0.2, 0.25) is 5.43 Å². The van der Waals surface area contributed by atoms with Crippen LogP contribution in [-0.2, 0) is 25.3 Å². The van der Waals surface area contributed by atoms with E-state index in [1.807, 2.05) is 20.8 Å². The molecule has 0 radical (unpaired) electrons. The fraction of sp³-hybridized carbons (Fsp3) is 0.273. The molecule has 11 heteroatoms. The largest absolute Gasteiger partial charge is 0.294 e. The molecule has 0 saturated carbocycles. The van der Waals surface area contributed by atoms with Gasteiger partial charge in [-0.3, -0.25) is 9.59 Å². The summed E-state index contributed by atoms with van der Waals surface area (Å²) in [7, 11) is -8.97. The standard InChI is InChI=1S/C22H21BrClNO6S2/c1-12(26)17-20(27)18-16(24)11-10-15(23)19(18)25(21(17)32(5,28)29)33(30,31)14-8-6-13(7-9-14)22(2,3)4/h6-11H,1-5H3. The van der Waals surface area contributed by atoms with E-state index in [1.165, 1.54) is 24.3 Å². The van der Waals surface area contributed by atoms with Gasteiger partial charge in [0.05, 0.1) is 20.8 Å². The van der Waals surface area contributed by atoms with Crippen LogP contribution in [0.3, 0.4) is 0 Å². The van der Waals surface area contributed by atoms with Gasteiger partial charge in [-0.25, -0.2) is 20.8 Å². The molecule has 3 aromatic rings. The third kappa shape index (κ3) is 4.41. The first-order valence-electron chi connectivity index (χ1n) is 9.63. The van der Waals surface area contributed by atoms with Gasteiger partial charge in [-0.2, -0.15) is 0 Å². The number of pyridine rings is 1. The van der Waals surface area contributed by atoms with Crippen molar-refractivity contribution in [2.75, 3.05) is 6.26 Å². The molecule has 0 bridgehead atoms. The second kappa shape index (κ2) is 8.33. The highest BCUT2D eigenvalue weighted by Crippen LogP contribution is 2.34. The van der Waals surface area contributed by atoms with Gasteiger partial charge in [0.25, 0.3) is 10.0 Å². The SMILES string of the molecule is CC(=O)c1c(S(C)(=O)=O)n(S(=O)(=O)c2ccc(C(C)(C)C)cc2)c2c(Br)ccc(Cl)c2c1=O. The van der Waals surface area contributed by atoms with Crippen LogP contribution in [0.1, 0.15) is 43.6 Å². The topological polar surface area (TPSA) is 107 Å². The smallest absolute Gasteiger partial charge is 0.269 e. The number of Topliss-reactive ketones (excluding diaryl/α,β-unsaturated/α-hetero) is 1. The number of nitrogens with zero attached hydrogens (tertiary/aromatic N) is 1. The Morgan fingerprint density at radius 1 is 1.00 bits per heavy atom. The first-order valence-corrected chi connectivity index (χ1v) is 14.1. The number of fused-ring (bicyclic) bond motifs is 1. The number of carbonyl (C=O) groups is 1. The molecular weight excluding hydrogens is 554 g/mol. The molecule has 0 spiro atoms. The summed E-state index contributed by atoms with van der Waals surface area (Å²) in [5, 5.41) is -1.30. The van der Waals surface area contributed by atoms with Crippen LogP contribution in [0.15, 0.2) is 55.6 Å². The summed E-state index contributed by atoms with van der Waals surface area (Å²) >= 11 is 9.45. The predicted octanol–water partition coefficient (Wildman–Crippen LogP) is 4.56. The molecule has 0 atom stereocenters. The van der Waals surface area contributed by atoms with Gasteiger partial charge in [0.1, 0.15) is 5.56 Å². The van der Waals surface area contributed by atoms with E-state index in [0.29, 0.717) is 3.97 Å². The zero-order valence-electron chi connectivity index (χ0n) is 18.4. The van der Waals surface area contributed by atoms with Crippen molar-refractivity contribution < 1.29 is 21.6 Å². The lowest BCUT2D eigenvalue weighted by Gasteiger charge is -2.21. The van der Waals surface area contributed by atoms with E-state index in [2.05, 4.69) is 15.9 Å². The van der Waals surface area contributed by atoms with Gasteiger partial charge in [-0.05, 0) is 58.1 Å². The molecule has 3 rings (SSSR count). The monoisotopic (exact) mass is 573 g/mol. The Bertz CT molecular complexity index is 1580. The molecule has 0 N–H and O–H groups in total. The summed E-state index contributed by atoms with van der Waals surface area (Å²) < 4.78 is 54.0.